The molecule has 1 radical (unpaired) electrons. The maximum absolute atomic E-state index is 10.3. The molecule has 1 unspecified atom stereocenters. The van der Waals surface area contributed by atoms with Crippen LogP contribution < -0.4 is 0 Å². The van der Waals surface area contributed by atoms with Gasteiger partial charge in [0.15, 0.2) is 0 Å². The van der Waals surface area contributed by atoms with Crippen LogP contribution in [0.1, 0.15) is 33.1 Å². The molecule has 1 aliphatic rings. The van der Waals surface area contributed by atoms with Gasteiger partial charge >= 0.3 is 0 Å². The van der Waals surface area contributed by atoms with E-state index < -0.39 is 0 Å². The molecule has 2 nitrogen and oxygen atoms in total. The zero-order valence-electron chi connectivity index (χ0n) is 8.25. The van der Waals surface area contributed by atoms with Gasteiger partial charge in [0.05, 0.1) is 6.61 Å². The van der Waals surface area contributed by atoms with Gasteiger partial charge in [-0.3, -0.25) is 0 Å². The fourth-order valence-electron chi connectivity index (χ4n) is 2.15. The van der Waals surface area contributed by atoms with Gasteiger partial charge in [0.25, 0.3) is 0 Å². The Labute approximate surface area is 75.6 Å². The third-order valence-electron chi connectivity index (χ3n) is 2.77. The summed E-state index contributed by atoms with van der Waals surface area (Å²) in [5.74, 6) is 0.749. The highest BCUT2D eigenvalue weighted by Crippen LogP contribution is 2.23. The highest BCUT2D eigenvalue weighted by Gasteiger charge is 2.25. The van der Waals surface area contributed by atoms with E-state index in [0.29, 0.717) is 0 Å². The summed E-state index contributed by atoms with van der Waals surface area (Å²) in [6.45, 7) is 6.87. The van der Waals surface area contributed by atoms with Crippen LogP contribution in [0.5, 0.6) is 0 Å². The number of nitrogens with zero attached hydrogens (tertiary/aromatic N) is 1. The molecule has 0 aromatic rings. The molecule has 0 saturated carbocycles. The van der Waals surface area contributed by atoms with E-state index in [4.69, 9.17) is 0 Å². The third-order valence-corrected chi connectivity index (χ3v) is 2.77. The van der Waals surface area contributed by atoms with Crippen molar-refractivity contribution in [2.75, 3.05) is 19.7 Å². The second-order valence-corrected chi connectivity index (χ2v) is 4.05. The molecule has 1 heterocycles. The van der Waals surface area contributed by atoms with Crippen LogP contribution >= 0.6 is 0 Å². The molecule has 0 amide bonds. The van der Waals surface area contributed by atoms with Gasteiger partial charge in [0, 0.05) is 12.6 Å². The molecule has 1 saturated heterocycles. The van der Waals surface area contributed by atoms with Crippen molar-refractivity contribution in [3.63, 3.8) is 0 Å². The van der Waals surface area contributed by atoms with Crippen LogP contribution in [0.25, 0.3) is 0 Å². The average Bonchev–Trinajstić information content (AvgIpc) is 2.48. The predicted octanol–water partition coefficient (Wildman–Crippen LogP) is 1.93. The zero-order valence-corrected chi connectivity index (χ0v) is 8.25. The SMILES string of the molecule is CC(C)C1CCCN1CCC[O]. The highest BCUT2D eigenvalue weighted by atomic mass is 16.3. The summed E-state index contributed by atoms with van der Waals surface area (Å²) in [7, 11) is 0. The van der Waals surface area contributed by atoms with Crippen LogP contribution in [-0.4, -0.2) is 30.6 Å². The van der Waals surface area contributed by atoms with Gasteiger partial charge in [0.2, 0.25) is 0 Å². The van der Waals surface area contributed by atoms with Crippen molar-refractivity contribution in [1.29, 1.82) is 0 Å². The van der Waals surface area contributed by atoms with Gasteiger partial charge in [-0.1, -0.05) is 13.8 Å². The van der Waals surface area contributed by atoms with Crippen molar-refractivity contribution >= 4 is 0 Å². The Bertz CT molecular complexity index is 125. The molecule has 1 atom stereocenters. The minimum absolute atomic E-state index is 0.0846. The minimum atomic E-state index is 0.0846. The summed E-state index contributed by atoms with van der Waals surface area (Å²) in [6.07, 6.45) is 3.47. The summed E-state index contributed by atoms with van der Waals surface area (Å²) in [5.41, 5.74) is 0. The standard InChI is InChI=1S/C10H20NO/c1-9(2)10-5-3-6-11(10)7-4-8-12/h9-10H,3-8H2,1-2H3. The first-order valence-electron chi connectivity index (χ1n) is 5.08. The van der Waals surface area contributed by atoms with Crippen molar-refractivity contribution < 1.29 is 5.11 Å². The second-order valence-electron chi connectivity index (χ2n) is 4.05. The molecule has 0 aliphatic carbocycles. The lowest BCUT2D eigenvalue weighted by atomic mass is 10.0. The Kier molecular flexibility index (Phi) is 4.02. The van der Waals surface area contributed by atoms with Crippen LogP contribution in [-0.2, 0) is 5.11 Å². The van der Waals surface area contributed by atoms with Crippen LogP contribution in [0.4, 0.5) is 0 Å². The van der Waals surface area contributed by atoms with Crippen LogP contribution in [0, 0.1) is 5.92 Å². The molecule has 0 N–H and O–H groups in total. The lowest BCUT2D eigenvalue weighted by molar-refractivity contribution is 0.149. The Morgan fingerprint density at radius 1 is 1.50 bits per heavy atom. The van der Waals surface area contributed by atoms with Gasteiger partial charge < -0.3 is 4.90 Å². The molecule has 0 spiro atoms. The quantitative estimate of drug-likeness (QED) is 0.632. The number of hydrogen-bond donors (Lipinski definition) is 0. The van der Waals surface area contributed by atoms with Crippen molar-refractivity contribution in [3.05, 3.63) is 0 Å². The maximum atomic E-state index is 10.3. The molecular weight excluding hydrogens is 150 g/mol. The molecule has 1 aliphatic heterocycles. The van der Waals surface area contributed by atoms with E-state index in [1.54, 1.807) is 0 Å². The van der Waals surface area contributed by atoms with Gasteiger partial charge in [-0.2, -0.15) is 0 Å². The molecule has 1 fully saturated rings. The molecule has 2 heteroatoms. The van der Waals surface area contributed by atoms with E-state index in [2.05, 4.69) is 18.7 Å². The van der Waals surface area contributed by atoms with Crippen molar-refractivity contribution in [2.24, 2.45) is 5.92 Å². The van der Waals surface area contributed by atoms with E-state index in [0.717, 1.165) is 24.9 Å². The predicted molar refractivity (Wildman–Crippen MR) is 49.6 cm³/mol. The molecular formula is C10H20NO. The van der Waals surface area contributed by atoms with E-state index >= 15 is 0 Å². The smallest absolute Gasteiger partial charge is 0.0834 e. The van der Waals surface area contributed by atoms with Crippen molar-refractivity contribution in [1.82, 2.24) is 4.90 Å². The van der Waals surface area contributed by atoms with Crippen LogP contribution in [0.3, 0.4) is 0 Å². The summed E-state index contributed by atoms with van der Waals surface area (Å²) in [6, 6.07) is 0.747. The average molecular weight is 170 g/mol. The number of rotatable bonds is 4. The van der Waals surface area contributed by atoms with Gasteiger partial charge in [0.1, 0.15) is 0 Å². The number of likely N-dealkylation sites (tertiary alicyclic amines) is 1. The maximum Gasteiger partial charge on any atom is 0.0834 e. The topological polar surface area (TPSA) is 23.1 Å². The fourth-order valence-corrected chi connectivity index (χ4v) is 2.15. The van der Waals surface area contributed by atoms with E-state index in [-0.39, 0.29) is 6.61 Å². The van der Waals surface area contributed by atoms with Gasteiger partial charge in [-0.15, -0.1) is 0 Å². The molecule has 0 bridgehead atoms. The Balaban J connectivity index is 2.30. The first-order chi connectivity index (χ1) is 5.75. The van der Waals surface area contributed by atoms with Crippen LogP contribution in [0.15, 0.2) is 0 Å². The lowest BCUT2D eigenvalue weighted by Gasteiger charge is -2.26. The summed E-state index contributed by atoms with van der Waals surface area (Å²) in [5, 5.41) is 10.3. The molecule has 0 aromatic heterocycles. The molecule has 1 rings (SSSR count). The first-order valence-corrected chi connectivity index (χ1v) is 5.08. The second kappa shape index (κ2) is 4.83. The van der Waals surface area contributed by atoms with Crippen molar-refractivity contribution in [3.8, 4) is 0 Å². The lowest BCUT2D eigenvalue weighted by Crippen LogP contribution is -2.34. The largest absolute Gasteiger partial charge is 0.300 e. The summed E-state index contributed by atoms with van der Waals surface area (Å²) in [4.78, 5) is 2.49. The van der Waals surface area contributed by atoms with Crippen LogP contribution in [0.2, 0.25) is 0 Å². The molecule has 12 heavy (non-hydrogen) atoms. The van der Waals surface area contributed by atoms with E-state index in [1.807, 2.05) is 0 Å². The highest BCUT2D eigenvalue weighted by molar-refractivity contribution is 4.80. The Morgan fingerprint density at radius 3 is 2.83 bits per heavy atom. The zero-order chi connectivity index (χ0) is 8.97. The Morgan fingerprint density at radius 2 is 2.25 bits per heavy atom. The normalized spacial score (nSPS) is 25.5. The molecule has 0 aromatic carbocycles. The van der Waals surface area contributed by atoms with E-state index in [9.17, 15) is 5.11 Å². The third kappa shape index (κ3) is 2.46. The minimum Gasteiger partial charge on any atom is -0.300 e. The summed E-state index contributed by atoms with van der Waals surface area (Å²) >= 11 is 0. The Hall–Kier alpha value is -0.0800. The fraction of sp³-hybridized carbons (Fsp3) is 1.00. The van der Waals surface area contributed by atoms with Crippen molar-refractivity contribution in [2.45, 2.75) is 39.2 Å². The van der Waals surface area contributed by atoms with E-state index in [1.165, 1.54) is 19.4 Å². The van der Waals surface area contributed by atoms with Gasteiger partial charge in [-0.25, -0.2) is 5.11 Å². The first kappa shape index (κ1) is 10.0. The number of hydrogen-bond acceptors (Lipinski definition) is 1. The monoisotopic (exact) mass is 170 g/mol. The summed E-state index contributed by atoms with van der Waals surface area (Å²) < 4.78 is 0. The molecule has 71 valence electrons. The van der Waals surface area contributed by atoms with Gasteiger partial charge in [-0.05, 0) is 31.7 Å².